The molecule has 0 radical (unpaired) electrons. The van der Waals surface area contributed by atoms with Gasteiger partial charge in [0.2, 0.25) is 0 Å². The first kappa shape index (κ1) is 15.3. The van der Waals surface area contributed by atoms with Crippen LogP contribution in [0.1, 0.15) is 85.0 Å². The van der Waals surface area contributed by atoms with Crippen LogP contribution in [0, 0.1) is 0 Å². The molecule has 0 atom stereocenters. The van der Waals surface area contributed by atoms with Crippen molar-refractivity contribution in [2.24, 2.45) is 5.73 Å². The lowest BCUT2D eigenvalue weighted by Crippen LogP contribution is -2.24. The first-order chi connectivity index (χ1) is 8.81. The van der Waals surface area contributed by atoms with Crippen LogP contribution in [0.2, 0.25) is 0 Å². The first-order valence-electron chi connectivity index (χ1n) is 6.54. The van der Waals surface area contributed by atoms with E-state index < -0.39 is 5.91 Å². The maximum atomic E-state index is 12.2. The minimum atomic E-state index is -0.614. The Morgan fingerprint density at radius 3 is 1.74 bits per heavy atom. The minimum Gasteiger partial charge on any atom is -0.366 e. The van der Waals surface area contributed by atoms with Crippen molar-refractivity contribution in [3.8, 4) is 0 Å². The van der Waals surface area contributed by atoms with Crippen LogP contribution in [0.5, 0.6) is 0 Å². The van der Waals surface area contributed by atoms with Crippen LogP contribution >= 0.6 is 0 Å². The average Bonchev–Trinajstić information content (AvgIpc) is 2.35. The van der Waals surface area contributed by atoms with Gasteiger partial charge in [-0.1, -0.05) is 34.6 Å². The third-order valence-electron chi connectivity index (χ3n) is 2.97. The molecule has 0 aliphatic rings. The van der Waals surface area contributed by atoms with Crippen molar-refractivity contribution in [3.05, 3.63) is 22.5 Å². The molecule has 0 aliphatic heterocycles. The summed E-state index contributed by atoms with van der Waals surface area (Å²) in [6.07, 6.45) is 0.309. The third-order valence-corrected chi connectivity index (χ3v) is 2.97. The normalized spacial score (nSPS) is 11.1. The Bertz CT molecular complexity index is 508. The fourth-order valence-corrected chi connectivity index (χ4v) is 1.98. The number of ketones is 1. The lowest BCUT2D eigenvalue weighted by Gasteiger charge is -2.17. The smallest absolute Gasteiger partial charge is 0.251 e. The van der Waals surface area contributed by atoms with Gasteiger partial charge in [0.15, 0.2) is 5.78 Å². The second-order valence-corrected chi connectivity index (χ2v) is 5.17. The Kier molecular flexibility index (Phi) is 4.75. The van der Waals surface area contributed by atoms with E-state index in [1.807, 2.05) is 27.7 Å². The average molecular weight is 263 g/mol. The largest absolute Gasteiger partial charge is 0.366 e. The highest BCUT2D eigenvalue weighted by Crippen LogP contribution is 2.26. The van der Waals surface area contributed by atoms with Gasteiger partial charge in [-0.25, -0.2) is 0 Å². The molecular formula is C14H21N3O2. The van der Waals surface area contributed by atoms with Gasteiger partial charge in [0.05, 0.1) is 22.5 Å². The molecule has 1 amide bonds. The maximum Gasteiger partial charge on any atom is 0.251 e. The molecule has 0 saturated heterocycles. The van der Waals surface area contributed by atoms with E-state index in [2.05, 4.69) is 10.2 Å². The van der Waals surface area contributed by atoms with E-state index in [9.17, 15) is 9.59 Å². The second kappa shape index (κ2) is 5.91. The molecule has 0 aromatic carbocycles. The number of nitrogens with two attached hydrogens (primary N) is 1. The van der Waals surface area contributed by atoms with Gasteiger partial charge in [0, 0.05) is 6.42 Å². The van der Waals surface area contributed by atoms with Gasteiger partial charge in [-0.05, 0) is 11.8 Å². The number of rotatable bonds is 5. The van der Waals surface area contributed by atoms with Crippen molar-refractivity contribution in [2.45, 2.75) is 52.9 Å². The Labute approximate surface area is 113 Å². The van der Waals surface area contributed by atoms with E-state index in [1.54, 1.807) is 6.92 Å². The molecule has 0 aliphatic carbocycles. The summed E-state index contributed by atoms with van der Waals surface area (Å²) in [5.74, 6) is -0.733. The molecule has 0 bridgehead atoms. The van der Waals surface area contributed by atoms with Crippen molar-refractivity contribution in [1.29, 1.82) is 0 Å². The van der Waals surface area contributed by atoms with Crippen molar-refractivity contribution in [1.82, 2.24) is 10.2 Å². The van der Waals surface area contributed by atoms with Gasteiger partial charge >= 0.3 is 0 Å². The lowest BCUT2D eigenvalue weighted by molar-refractivity contribution is 0.0957. The number of nitrogens with zero attached hydrogens (tertiary/aromatic N) is 2. The summed E-state index contributed by atoms with van der Waals surface area (Å²) in [6, 6.07) is 0. The van der Waals surface area contributed by atoms with Crippen LogP contribution in [0.4, 0.5) is 0 Å². The molecule has 5 nitrogen and oxygen atoms in total. The topological polar surface area (TPSA) is 85.9 Å². The van der Waals surface area contributed by atoms with Gasteiger partial charge in [-0.3, -0.25) is 9.59 Å². The molecule has 5 heteroatoms. The highest BCUT2D eigenvalue weighted by atomic mass is 16.1. The standard InChI is InChI=1S/C14H21N3O2/c1-6-9(18)10-11(14(15)19)13(8(4)5)17-16-12(10)7(2)3/h7-8H,6H2,1-5H3,(H2,15,19). The van der Waals surface area contributed by atoms with Crippen LogP contribution in [0.3, 0.4) is 0 Å². The quantitative estimate of drug-likeness (QED) is 0.826. The Morgan fingerprint density at radius 1 is 1.00 bits per heavy atom. The number of hydrogen-bond acceptors (Lipinski definition) is 4. The molecule has 2 N–H and O–H groups in total. The van der Waals surface area contributed by atoms with Crippen molar-refractivity contribution < 1.29 is 9.59 Å². The molecule has 19 heavy (non-hydrogen) atoms. The van der Waals surface area contributed by atoms with E-state index >= 15 is 0 Å². The highest BCUT2D eigenvalue weighted by Gasteiger charge is 2.26. The summed E-state index contributed by atoms with van der Waals surface area (Å²) in [5.41, 5.74) is 7.08. The highest BCUT2D eigenvalue weighted by molar-refractivity contribution is 6.08. The number of amides is 1. The van der Waals surface area contributed by atoms with Gasteiger partial charge in [0.1, 0.15) is 0 Å². The molecule has 1 aromatic rings. The van der Waals surface area contributed by atoms with E-state index in [-0.39, 0.29) is 23.2 Å². The molecule has 0 saturated carbocycles. The number of carbonyl (C=O) groups is 2. The van der Waals surface area contributed by atoms with Gasteiger partial charge < -0.3 is 5.73 Å². The predicted molar refractivity (Wildman–Crippen MR) is 73.3 cm³/mol. The Morgan fingerprint density at radius 2 is 1.42 bits per heavy atom. The van der Waals surface area contributed by atoms with Crippen molar-refractivity contribution >= 4 is 11.7 Å². The summed E-state index contributed by atoms with van der Waals surface area (Å²) in [4.78, 5) is 23.9. The summed E-state index contributed by atoms with van der Waals surface area (Å²) in [5, 5.41) is 8.23. The first-order valence-corrected chi connectivity index (χ1v) is 6.54. The molecule has 0 fully saturated rings. The molecule has 0 unspecified atom stereocenters. The predicted octanol–water partition coefficient (Wildman–Crippen LogP) is 2.42. The summed E-state index contributed by atoms with van der Waals surface area (Å²) < 4.78 is 0. The van der Waals surface area contributed by atoms with Crippen LogP contribution in [-0.4, -0.2) is 21.9 Å². The van der Waals surface area contributed by atoms with Gasteiger partial charge in [-0.2, -0.15) is 10.2 Å². The molecule has 1 aromatic heterocycles. The van der Waals surface area contributed by atoms with Crippen LogP contribution in [0.15, 0.2) is 0 Å². The fourth-order valence-electron chi connectivity index (χ4n) is 1.98. The summed E-state index contributed by atoms with van der Waals surface area (Å²) in [7, 11) is 0. The fraction of sp³-hybridized carbons (Fsp3) is 0.571. The molecule has 1 heterocycles. The number of carbonyl (C=O) groups excluding carboxylic acids is 2. The maximum absolute atomic E-state index is 12.2. The molecular weight excluding hydrogens is 242 g/mol. The number of hydrogen-bond donors (Lipinski definition) is 1. The van der Waals surface area contributed by atoms with E-state index in [4.69, 9.17) is 5.73 Å². The second-order valence-electron chi connectivity index (χ2n) is 5.17. The van der Waals surface area contributed by atoms with Crippen LogP contribution in [-0.2, 0) is 0 Å². The van der Waals surface area contributed by atoms with Gasteiger partial charge in [0.25, 0.3) is 5.91 Å². The monoisotopic (exact) mass is 263 g/mol. The number of aromatic nitrogens is 2. The van der Waals surface area contributed by atoms with Gasteiger partial charge in [-0.15, -0.1) is 0 Å². The molecule has 104 valence electrons. The zero-order chi connectivity index (χ0) is 14.7. The minimum absolute atomic E-state index is 0.0114. The molecule has 0 spiro atoms. The SMILES string of the molecule is CCC(=O)c1c(C(C)C)nnc(C(C)C)c1C(N)=O. The third kappa shape index (κ3) is 2.97. The lowest BCUT2D eigenvalue weighted by atomic mass is 9.91. The number of primary amides is 1. The van der Waals surface area contributed by atoms with Crippen molar-refractivity contribution in [3.63, 3.8) is 0 Å². The van der Waals surface area contributed by atoms with E-state index in [0.29, 0.717) is 23.4 Å². The summed E-state index contributed by atoms with van der Waals surface area (Å²) in [6.45, 7) is 9.37. The Hall–Kier alpha value is -1.78. The zero-order valence-electron chi connectivity index (χ0n) is 12.2. The number of Topliss-reactive ketones (excluding diaryl/α,β-unsaturated/α-hetero) is 1. The zero-order valence-corrected chi connectivity index (χ0v) is 12.2. The van der Waals surface area contributed by atoms with Crippen LogP contribution in [0.25, 0.3) is 0 Å². The molecule has 1 rings (SSSR count). The summed E-state index contributed by atoms with van der Waals surface area (Å²) >= 11 is 0. The van der Waals surface area contributed by atoms with Crippen LogP contribution < -0.4 is 5.73 Å². The Balaban J connectivity index is 3.71. The van der Waals surface area contributed by atoms with Crippen molar-refractivity contribution in [2.75, 3.05) is 0 Å². The van der Waals surface area contributed by atoms with E-state index in [0.717, 1.165) is 0 Å². The van der Waals surface area contributed by atoms with E-state index in [1.165, 1.54) is 0 Å².